The summed E-state index contributed by atoms with van der Waals surface area (Å²) in [6.45, 7) is 0.879. The fourth-order valence-corrected chi connectivity index (χ4v) is 4.46. The highest BCUT2D eigenvalue weighted by Gasteiger charge is 2.19. The molecule has 31 heavy (non-hydrogen) atoms. The molecular formula is C21H17Cl2N7O. The van der Waals surface area contributed by atoms with Gasteiger partial charge in [-0.1, -0.05) is 23.2 Å². The molecule has 0 saturated heterocycles. The van der Waals surface area contributed by atoms with E-state index in [1.807, 2.05) is 36.4 Å². The summed E-state index contributed by atoms with van der Waals surface area (Å²) in [5.41, 5.74) is 15.1. The predicted molar refractivity (Wildman–Crippen MR) is 125 cm³/mol. The molecule has 3 aromatic carbocycles. The van der Waals surface area contributed by atoms with Crippen molar-refractivity contribution in [1.29, 1.82) is 0 Å². The summed E-state index contributed by atoms with van der Waals surface area (Å²) in [7, 11) is 0. The first kappa shape index (κ1) is 18.4. The molecule has 1 aliphatic heterocycles. The number of nitrogens with two attached hydrogens (primary N) is 1. The largest absolute Gasteiger partial charge is 0.487 e. The third kappa shape index (κ3) is 2.91. The van der Waals surface area contributed by atoms with E-state index in [0.29, 0.717) is 29.2 Å². The minimum atomic E-state index is 0.354. The Morgan fingerprint density at radius 2 is 1.48 bits per heavy atom. The molecule has 0 amide bonds. The lowest BCUT2D eigenvalue weighted by Gasteiger charge is -2.17. The van der Waals surface area contributed by atoms with Crippen LogP contribution in [0.5, 0.6) is 5.75 Å². The van der Waals surface area contributed by atoms with E-state index in [9.17, 15) is 0 Å². The maximum atomic E-state index is 6.31. The molecule has 2 aromatic heterocycles. The van der Waals surface area contributed by atoms with Gasteiger partial charge in [0.25, 0.3) is 0 Å². The SMILES string of the molecule is NC1=NNNN1CCOc1c2[nH]c3ccc(Cl)cc3c2cc2c1[nH]c1ccc(Cl)cc12. The minimum absolute atomic E-state index is 0.354. The van der Waals surface area contributed by atoms with Crippen LogP contribution in [0.1, 0.15) is 0 Å². The molecule has 6 rings (SSSR count). The van der Waals surface area contributed by atoms with Crippen LogP contribution in [0.25, 0.3) is 43.6 Å². The van der Waals surface area contributed by atoms with Crippen LogP contribution in [0.3, 0.4) is 0 Å². The average molecular weight is 454 g/mol. The molecule has 3 heterocycles. The average Bonchev–Trinajstić information content (AvgIpc) is 3.43. The summed E-state index contributed by atoms with van der Waals surface area (Å²) in [4.78, 5) is 6.98. The lowest BCUT2D eigenvalue weighted by Crippen LogP contribution is -2.45. The van der Waals surface area contributed by atoms with Crippen LogP contribution in [0.2, 0.25) is 10.0 Å². The number of hydrogen-bond donors (Lipinski definition) is 5. The van der Waals surface area contributed by atoms with Crippen molar-refractivity contribution in [2.24, 2.45) is 10.8 Å². The number of aromatic amines is 2. The van der Waals surface area contributed by atoms with Crippen LogP contribution in [0.4, 0.5) is 0 Å². The van der Waals surface area contributed by atoms with Crippen molar-refractivity contribution >= 4 is 72.8 Å². The van der Waals surface area contributed by atoms with Crippen LogP contribution < -0.4 is 21.5 Å². The van der Waals surface area contributed by atoms with E-state index in [1.165, 1.54) is 0 Å². The van der Waals surface area contributed by atoms with Crippen molar-refractivity contribution in [2.75, 3.05) is 13.2 Å². The van der Waals surface area contributed by atoms with Crippen LogP contribution >= 0.6 is 23.2 Å². The molecule has 1 aliphatic rings. The Morgan fingerprint density at radius 3 is 2.03 bits per heavy atom. The lowest BCUT2D eigenvalue weighted by atomic mass is 10.1. The predicted octanol–water partition coefficient (Wildman–Crippen LogP) is 4.20. The number of hydrazone groups is 1. The number of halogens is 2. The molecule has 156 valence electrons. The number of H-pyrrole nitrogens is 2. The van der Waals surface area contributed by atoms with Gasteiger partial charge in [0.15, 0.2) is 5.75 Å². The Kier molecular flexibility index (Phi) is 4.07. The van der Waals surface area contributed by atoms with E-state index in [4.69, 9.17) is 33.7 Å². The van der Waals surface area contributed by atoms with Gasteiger partial charge in [0.05, 0.1) is 17.6 Å². The normalized spacial score (nSPS) is 14.1. The summed E-state index contributed by atoms with van der Waals surface area (Å²) < 4.78 is 6.31. The lowest BCUT2D eigenvalue weighted by molar-refractivity contribution is 0.225. The molecule has 0 saturated carbocycles. The van der Waals surface area contributed by atoms with Crippen molar-refractivity contribution in [2.45, 2.75) is 0 Å². The summed E-state index contributed by atoms with van der Waals surface area (Å²) >= 11 is 12.6. The van der Waals surface area contributed by atoms with Gasteiger partial charge >= 0.3 is 0 Å². The van der Waals surface area contributed by atoms with Gasteiger partial charge in [-0.3, -0.25) is 5.01 Å². The van der Waals surface area contributed by atoms with Gasteiger partial charge in [-0.25, -0.2) is 5.53 Å². The number of nitrogens with zero attached hydrogens (tertiary/aromatic N) is 2. The van der Waals surface area contributed by atoms with Gasteiger partial charge in [-0.05, 0) is 42.5 Å². The van der Waals surface area contributed by atoms with Crippen LogP contribution in [0.15, 0.2) is 47.6 Å². The Labute approximate surface area is 185 Å². The highest BCUT2D eigenvalue weighted by Crippen LogP contribution is 2.41. The summed E-state index contributed by atoms with van der Waals surface area (Å²) in [5, 5.41) is 11.0. The number of aromatic nitrogens is 2. The second-order valence-corrected chi connectivity index (χ2v) is 8.25. The van der Waals surface area contributed by atoms with E-state index in [1.54, 1.807) is 5.01 Å². The summed E-state index contributed by atoms with van der Waals surface area (Å²) in [5.74, 6) is 1.09. The molecule has 0 atom stereocenters. The van der Waals surface area contributed by atoms with Gasteiger partial charge in [-0.15, -0.1) is 10.6 Å². The van der Waals surface area contributed by atoms with Gasteiger partial charge in [0.1, 0.15) is 6.61 Å². The number of guanidine groups is 1. The van der Waals surface area contributed by atoms with Gasteiger partial charge in [-0.2, -0.15) is 0 Å². The van der Waals surface area contributed by atoms with Crippen molar-refractivity contribution in [3.8, 4) is 5.75 Å². The highest BCUT2D eigenvalue weighted by molar-refractivity contribution is 6.33. The van der Waals surface area contributed by atoms with Crippen molar-refractivity contribution in [1.82, 2.24) is 26.0 Å². The molecule has 0 fully saturated rings. The highest BCUT2D eigenvalue weighted by atomic mass is 35.5. The maximum absolute atomic E-state index is 6.31. The zero-order valence-corrected chi connectivity index (χ0v) is 17.6. The molecule has 0 aliphatic carbocycles. The van der Waals surface area contributed by atoms with Crippen molar-refractivity contribution in [3.63, 3.8) is 0 Å². The van der Waals surface area contributed by atoms with Gasteiger partial charge < -0.3 is 20.4 Å². The molecular weight excluding hydrogens is 437 g/mol. The first-order chi connectivity index (χ1) is 15.1. The standard InChI is InChI=1S/C21H17Cl2N7O/c22-10-1-3-16-12(7-10)14-9-15-13-8-11(23)2-4-17(13)26-19(15)20(18(14)25-16)31-6-5-30-21(24)27-28-29-30/h1-4,7-9,25-26,28-29H,5-6H2,(H2,24,27). The quantitative estimate of drug-likeness (QED) is 0.280. The van der Waals surface area contributed by atoms with E-state index in [0.717, 1.165) is 49.4 Å². The molecule has 10 heteroatoms. The first-order valence-electron chi connectivity index (χ1n) is 9.67. The smallest absolute Gasteiger partial charge is 0.231 e. The van der Waals surface area contributed by atoms with Gasteiger partial charge in [0, 0.05) is 42.6 Å². The summed E-state index contributed by atoms with van der Waals surface area (Å²) in [6.07, 6.45) is 0. The molecule has 0 spiro atoms. The number of ether oxygens (including phenoxy) is 1. The van der Waals surface area contributed by atoms with Crippen molar-refractivity contribution < 1.29 is 4.74 Å². The second-order valence-electron chi connectivity index (χ2n) is 7.37. The van der Waals surface area contributed by atoms with Crippen LogP contribution in [0, 0.1) is 0 Å². The third-order valence-electron chi connectivity index (χ3n) is 5.54. The Hall–Kier alpha value is -3.33. The zero-order chi connectivity index (χ0) is 21.1. The monoisotopic (exact) mass is 453 g/mol. The van der Waals surface area contributed by atoms with Crippen LogP contribution in [-0.2, 0) is 0 Å². The fourth-order valence-electron chi connectivity index (χ4n) is 4.11. The number of hydrazine groups is 2. The number of hydrogen-bond acceptors (Lipinski definition) is 6. The molecule has 5 aromatic rings. The zero-order valence-electron chi connectivity index (χ0n) is 16.1. The Balaban J connectivity index is 1.56. The van der Waals surface area contributed by atoms with Gasteiger partial charge in [0.2, 0.25) is 5.96 Å². The first-order valence-corrected chi connectivity index (χ1v) is 10.4. The van der Waals surface area contributed by atoms with Crippen LogP contribution in [-0.4, -0.2) is 34.1 Å². The molecule has 0 unspecified atom stereocenters. The molecule has 0 radical (unpaired) electrons. The molecule has 6 N–H and O–H groups in total. The molecule has 0 bridgehead atoms. The topological polar surface area (TPSA) is 106 Å². The Bertz CT molecular complexity index is 1430. The number of fused-ring (bicyclic) bond motifs is 6. The number of benzene rings is 3. The summed E-state index contributed by atoms with van der Waals surface area (Å²) in [6, 6.07) is 13.8. The number of rotatable bonds is 4. The molecule has 8 nitrogen and oxygen atoms in total. The van der Waals surface area contributed by atoms with E-state index < -0.39 is 0 Å². The maximum Gasteiger partial charge on any atom is 0.231 e. The van der Waals surface area contributed by atoms with E-state index in [-0.39, 0.29) is 0 Å². The third-order valence-corrected chi connectivity index (χ3v) is 6.01. The minimum Gasteiger partial charge on any atom is -0.487 e. The fraction of sp³-hybridized carbons (Fsp3) is 0.0952. The number of nitrogens with one attached hydrogen (secondary N) is 4. The second kappa shape index (κ2) is 6.84. The van der Waals surface area contributed by atoms with E-state index >= 15 is 0 Å². The van der Waals surface area contributed by atoms with E-state index in [2.05, 4.69) is 32.2 Å². The van der Waals surface area contributed by atoms with Crippen molar-refractivity contribution in [3.05, 3.63) is 52.5 Å². The Morgan fingerprint density at radius 1 is 0.871 bits per heavy atom.